The van der Waals surface area contributed by atoms with E-state index in [1.54, 1.807) is 0 Å². The van der Waals surface area contributed by atoms with Crippen LogP contribution in [0, 0.1) is 6.92 Å². The quantitative estimate of drug-likeness (QED) is 0.505. The van der Waals surface area contributed by atoms with Gasteiger partial charge in [0, 0.05) is 30.7 Å². The van der Waals surface area contributed by atoms with Crippen LogP contribution in [0.1, 0.15) is 68.1 Å². The van der Waals surface area contributed by atoms with Crippen LogP contribution in [-0.4, -0.2) is 35.8 Å². The Bertz CT molecular complexity index is 710. The summed E-state index contributed by atoms with van der Waals surface area (Å²) in [7, 11) is 0. The molecule has 154 valence electrons. The molecule has 0 aromatic heterocycles. The van der Waals surface area contributed by atoms with Gasteiger partial charge in [-0.3, -0.25) is 0 Å². The molecule has 0 spiro atoms. The highest BCUT2D eigenvalue weighted by Crippen LogP contribution is 2.36. The lowest BCUT2D eigenvalue weighted by molar-refractivity contribution is -0.917. The zero-order valence-electron chi connectivity index (χ0n) is 17.5. The molecule has 1 N–H and O–H groups in total. The highest BCUT2D eigenvalue weighted by Gasteiger charge is 2.32. The summed E-state index contributed by atoms with van der Waals surface area (Å²) in [5.74, 6) is 0.710. The van der Waals surface area contributed by atoms with E-state index in [0.717, 1.165) is 12.0 Å². The lowest BCUT2D eigenvalue weighted by atomic mass is 9.86. The first-order chi connectivity index (χ1) is 13.1. The van der Waals surface area contributed by atoms with Gasteiger partial charge in [0.25, 0.3) is 0 Å². The molecule has 0 bridgehead atoms. The summed E-state index contributed by atoms with van der Waals surface area (Å²) in [5.41, 5.74) is 3.63. The van der Waals surface area contributed by atoms with Gasteiger partial charge in [-0.2, -0.15) is 0 Å². The third kappa shape index (κ3) is 5.75. The van der Waals surface area contributed by atoms with Crippen LogP contribution < -0.4 is 12.4 Å². The summed E-state index contributed by atoms with van der Waals surface area (Å²) in [6.45, 7) is 9.63. The second-order valence-corrected chi connectivity index (χ2v) is 8.46. The number of nitrogens with zero attached hydrogens (tertiary/aromatic N) is 1. The van der Waals surface area contributed by atoms with Gasteiger partial charge >= 0.3 is 0 Å². The summed E-state index contributed by atoms with van der Waals surface area (Å²) in [5, 5.41) is 10.6. The normalized spacial score (nSPS) is 16.5. The highest BCUT2D eigenvalue weighted by molar-refractivity contribution is 5.43. The molecule has 0 saturated carbocycles. The van der Waals surface area contributed by atoms with Crippen molar-refractivity contribution in [1.82, 2.24) is 0 Å². The molecule has 0 radical (unpaired) electrons. The molecular weight excluding hydrogens is 366 g/mol. The number of aromatic hydroxyl groups is 1. The van der Waals surface area contributed by atoms with E-state index >= 15 is 0 Å². The van der Waals surface area contributed by atoms with E-state index in [2.05, 4.69) is 50.2 Å². The minimum Gasteiger partial charge on any atom is -1.00 e. The van der Waals surface area contributed by atoms with Crippen LogP contribution in [0.4, 0.5) is 0 Å². The Morgan fingerprint density at radius 2 is 1.68 bits per heavy atom. The maximum Gasteiger partial charge on any atom is 0.119 e. The number of hydrogen-bond acceptors (Lipinski definition) is 1. The lowest BCUT2D eigenvalue weighted by Crippen LogP contribution is -3.00. The Balaban J connectivity index is 0.00000280. The minimum absolute atomic E-state index is 0. The van der Waals surface area contributed by atoms with E-state index < -0.39 is 0 Å². The van der Waals surface area contributed by atoms with E-state index in [9.17, 15) is 5.11 Å². The first-order valence-corrected chi connectivity index (χ1v) is 10.8. The molecule has 1 fully saturated rings. The number of quaternary nitrogens is 1. The fourth-order valence-electron chi connectivity index (χ4n) is 4.81. The second-order valence-electron chi connectivity index (χ2n) is 8.46. The van der Waals surface area contributed by atoms with Crippen molar-refractivity contribution < 1.29 is 22.0 Å². The first-order valence-electron chi connectivity index (χ1n) is 10.8. The fourth-order valence-corrected chi connectivity index (χ4v) is 4.81. The molecule has 2 aromatic rings. The number of unbranched alkanes of at least 4 members (excludes halogenated alkanes) is 2. The van der Waals surface area contributed by atoms with Gasteiger partial charge in [-0.1, -0.05) is 61.4 Å². The van der Waals surface area contributed by atoms with Crippen molar-refractivity contribution in [1.29, 1.82) is 0 Å². The maximum absolute atomic E-state index is 10.6. The molecule has 1 aliphatic rings. The predicted octanol–water partition coefficient (Wildman–Crippen LogP) is 3.03. The predicted molar refractivity (Wildman–Crippen MR) is 114 cm³/mol. The molecule has 3 rings (SSSR count). The Labute approximate surface area is 177 Å². The van der Waals surface area contributed by atoms with Crippen molar-refractivity contribution in [3.63, 3.8) is 0 Å². The number of hydrogen-bond donors (Lipinski definition) is 1. The van der Waals surface area contributed by atoms with Crippen molar-refractivity contribution in [3.8, 4) is 5.75 Å². The molecule has 1 atom stereocenters. The smallest absolute Gasteiger partial charge is 0.119 e. The van der Waals surface area contributed by atoms with Gasteiger partial charge in [0.05, 0.1) is 26.2 Å². The van der Waals surface area contributed by atoms with Crippen LogP contribution in [0.25, 0.3) is 0 Å². The number of phenolic OH excluding ortho intramolecular Hbond substituents is 1. The molecule has 1 aliphatic heterocycles. The van der Waals surface area contributed by atoms with Crippen LogP contribution in [0.2, 0.25) is 0 Å². The van der Waals surface area contributed by atoms with E-state index in [1.807, 2.05) is 12.1 Å². The van der Waals surface area contributed by atoms with E-state index in [4.69, 9.17) is 0 Å². The van der Waals surface area contributed by atoms with Crippen LogP contribution in [0.15, 0.2) is 48.5 Å². The second kappa shape index (κ2) is 10.9. The first kappa shape index (κ1) is 22.8. The number of likely N-dealkylation sites (tertiary alicyclic amines) is 1. The number of rotatable bonds is 9. The van der Waals surface area contributed by atoms with Gasteiger partial charge in [-0.15, -0.1) is 0 Å². The lowest BCUT2D eigenvalue weighted by Gasteiger charge is -2.36. The molecule has 3 heteroatoms. The van der Waals surface area contributed by atoms with Crippen LogP contribution in [-0.2, 0) is 0 Å². The molecular formula is C25H36ClNO. The summed E-state index contributed by atoms with van der Waals surface area (Å²) in [6.07, 6.45) is 7.84. The van der Waals surface area contributed by atoms with Gasteiger partial charge in [-0.25, -0.2) is 0 Å². The molecule has 0 amide bonds. The fraction of sp³-hybridized carbons (Fsp3) is 0.520. The van der Waals surface area contributed by atoms with Gasteiger partial charge in [0.15, 0.2) is 0 Å². The number of aryl methyl sites for hydroxylation is 1. The molecule has 0 aliphatic carbocycles. The Kier molecular flexibility index (Phi) is 8.85. The van der Waals surface area contributed by atoms with Gasteiger partial charge in [-0.05, 0) is 31.4 Å². The third-order valence-corrected chi connectivity index (χ3v) is 6.40. The van der Waals surface area contributed by atoms with E-state index in [1.165, 1.54) is 73.9 Å². The summed E-state index contributed by atoms with van der Waals surface area (Å²) >= 11 is 0. The molecule has 1 saturated heterocycles. The molecule has 2 nitrogen and oxygen atoms in total. The highest BCUT2D eigenvalue weighted by atomic mass is 35.5. The standard InChI is InChI=1S/C25H35NO.ClH/c1-3-4-8-16-26(17-9-10-18-26)19-15-23(22-11-6-5-7-12-22)24-20-21(2)13-14-25(24)27;/h5-7,11-14,20,23H,3-4,8-10,15-19H2,1-2H3;1H. The molecule has 1 heterocycles. The minimum atomic E-state index is 0. The number of halogens is 1. The van der Waals surface area contributed by atoms with Gasteiger partial charge < -0.3 is 22.0 Å². The average Bonchev–Trinajstić information content (AvgIpc) is 3.15. The van der Waals surface area contributed by atoms with E-state index in [0.29, 0.717) is 5.75 Å². The topological polar surface area (TPSA) is 20.2 Å². The van der Waals surface area contributed by atoms with Gasteiger partial charge in [0.1, 0.15) is 5.75 Å². The monoisotopic (exact) mass is 401 g/mol. The molecule has 1 unspecified atom stereocenters. The van der Waals surface area contributed by atoms with Crippen molar-refractivity contribution >= 4 is 0 Å². The Morgan fingerprint density at radius 1 is 0.964 bits per heavy atom. The van der Waals surface area contributed by atoms with Crippen molar-refractivity contribution in [2.24, 2.45) is 0 Å². The summed E-state index contributed by atoms with van der Waals surface area (Å²) in [6, 6.07) is 16.8. The van der Waals surface area contributed by atoms with Crippen LogP contribution in [0.5, 0.6) is 5.75 Å². The summed E-state index contributed by atoms with van der Waals surface area (Å²) in [4.78, 5) is 0. The molecule has 28 heavy (non-hydrogen) atoms. The van der Waals surface area contributed by atoms with Crippen LogP contribution >= 0.6 is 0 Å². The Hall–Kier alpha value is -1.51. The van der Waals surface area contributed by atoms with Gasteiger partial charge in [0.2, 0.25) is 0 Å². The zero-order valence-corrected chi connectivity index (χ0v) is 18.3. The average molecular weight is 402 g/mol. The van der Waals surface area contributed by atoms with Crippen molar-refractivity contribution in [2.75, 3.05) is 26.2 Å². The maximum atomic E-state index is 10.6. The Morgan fingerprint density at radius 3 is 2.36 bits per heavy atom. The summed E-state index contributed by atoms with van der Waals surface area (Å²) < 4.78 is 1.29. The van der Waals surface area contributed by atoms with Crippen LogP contribution in [0.3, 0.4) is 0 Å². The third-order valence-electron chi connectivity index (χ3n) is 6.40. The van der Waals surface area contributed by atoms with E-state index in [-0.39, 0.29) is 18.3 Å². The largest absolute Gasteiger partial charge is 1.00 e. The number of phenols is 1. The number of benzene rings is 2. The SMILES string of the molecule is CCCCC[N+]1(CCC(c2ccccc2)c2cc(C)ccc2O)CCCC1.[Cl-]. The van der Waals surface area contributed by atoms with Crippen molar-refractivity contribution in [3.05, 3.63) is 65.2 Å². The van der Waals surface area contributed by atoms with Crippen molar-refractivity contribution in [2.45, 2.75) is 58.3 Å². The zero-order chi connectivity index (χ0) is 19.1. The molecule has 2 aromatic carbocycles.